The molecule has 1 saturated heterocycles. The maximum Gasteiger partial charge on any atom is 0.227 e. The molecule has 1 atom stereocenters. The standard InChI is InChI=1S/C17H24ClNO/c1-13-7-8-14(2)15(10-13)11-17(20)19-9-5-3-4-6-16(19)12-18/h7-8,10,16H,3-6,9,11-12H2,1-2H3. The number of benzene rings is 1. The third kappa shape index (κ3) is 3.76. The van der Waals surface area contributed by atoms with Crippen LogP contribution < -0.4 is 0 Å². The van der Waals surface area contributed by atoms with Crippen molar-refractivity contribution < 1.29 is 4.79 Å². The van der Waals surface area contributed by atoms with Gasteiger partial charge in [-0.2, -0.15) is 0 Å². The minimum Gasteiger partial charge on any atom is -0.338 e. The molecule has 0 radical (unpaired) electrons. The predicted octanol–water partition coefficient (Wildman–Crippen LogP) is 3.86. The van der Waals surface area contributed by atoms with Gasteiger partial charge in [0, 0.05) is 18.5 Å². The summed E-state index contributed by atoms with van der Waals surface area (Å²) in [6.45, 7) is 5.01. The van der Waals surface area contributed by atoms with E-state index in [1.165, 1.54) is 24.0 Å². The zero-order valence-corrected chi connectivity index (χ0v) is 13.2. The monoisotopic (exact) mass is 293 g/mol. The van der Waals surface area contributed by atoms with Crippen LogP contribution in [0.25, 0.3) is 0 Å². The molecule has 2 rings (SSSR count). The summed E-state index contributed by atoms with van der Waals surface area (Å²) in [5.41, 5.74) is 3.55. The minimum absolute atomic E-state index is 0.219. The highest BCUT2D eigenvalue weighted by Crippen LogP contribution is 2.20. The number of carbonyl (C=O) groups is 1. The van der Waals surface area contributed by atoms with Crippen LogP contribution in [-0.2, 0) is 11.2 Å². The molecule has 1 heterocycles. The number of carbonyl (C=O) groups excluding carboxylic acids is 1. The van der Waals surface area contributed by atoms with Crippen LogP contribution in [0.5, 0.6) is 0 Å². The van der Waals surface area contributed by atoms with E-state index < -0.39 is 0 Å². The van der Waals surface area contributed by atoms with Crippen molar-refractivity contribution in [2.24, 2.45) is 0 Å². The van der Waals surface area contributed by atoms with Gasteiger partial charge in [-0.15, -0.1) is 11.6 Å². The van der Waals surface area contributed by atoms with Gasteiger partial charge in [-0.3, -0.25) is 4.79 Å². The van der Waals surface area contributed by atoms with Gasteiger partial charge in [0.05, 0.1) is 6.42 Å². The molecule has 1 aromatic rings. The summed E-state index contributed by atoms with van der Waals surface area (Å²) in [4.78, 5) is 14.6. The molecule has 20 heavy (non-hydrogen) atoms. The summed E-state index contributed by atoms with van der Waals surface area (Å²) in [7, 11) is 0. The largest absolute Gasteiger partial charge is 0.338 e. The average Bonchev–Trinajstić information content (AvgIpc) is 2.68. The second-order valence-electron chi connectivity index (χ2n) is 5.85. The lowest BCUT2D eigenvalue weighted by Gasteiger charge is -2.29. The zero-order valence-electron chi connectivity index (χ0n) is 12.5. The second kappa shape index (κ2) is 7.12. The molecule has 0 aromatic heterocycles. The van der Waals surface area contributed by atoms with E-state index in [-0.39, 0.29) is 11.9 Å². The normalized spacial score (nSPS) is 19.8. The SMILES string of the molecule is Cc1ccc(C)c(CC(=O)N2CCCCCC2CCl)c1. The molecule has 0 saturated carbocycles. The maximum absolute atomic E-state index is 12.6. The quantitative estimate of drug-likeness (QED) is 0.775. The molecule has 1 unspecified atom stereocenters. The van der Waals surface area contributed by atoms with Crippen LogP contribution in [0.15, 0.2) is 18.2 Å². The lowest BCUT2D eigenvalue weighted by atomic mass is 10.0. The number of amides is 1. The van der Waals surface area contributed by atoms with Crippen LogP contribution >= 0.6 is 11.6 Å². The number of aryl methyl sites for hydroxylation is 2. The number of nitrogens with zero attached hydrogens (tertiary/aromatic N) is 1. The fourth-order valence-corrected chi connectivity index (χ4v) is 3.24. The van der Waals surface area contributed by atoms with E-state index in [1.807, 2.05) is 4.90 Å². The molecule has 0 spiro atoms. The Morgan fingerprint density at radius 2 is 2.10 bits per heavy atom. The van der Waals surface area contributed by atoms with Crippen molar-refractivity contribution in [2.45, 2.75) is 52.0 Å². The molecular formula is C17H24ClNO. The number of likely N-dealkylation sites (tertiary alicyclic amines) is 1. The molecular weight excluding hydrogens is 270 g/mol. The highest BCUT2D eigenvalue weighted by molar-refractivity contribution is 6.18. The van der Waals surface area contributed by atoms with E-state index in [9.17, 15) is 4.79 Å². The number of alkyl halides is 1. The fraction of sp³-hybridized carbons (Fsp3) is 0.588. The Labute approximate surface area is 127 Å². The minimum atomic E-state index is 0.219. The Hall–Kier alpha value is -1.02. The molecule has 0 aliphatic carbocycles. The summed E-state index contributed by atoms with van der Waals surface area (Å²) >= 11 is 6.06. The van der Waals surface area contributed by atoms with Crippen LogP contribution in [0.4, 0.5) is 0 Å². The molecule has 0 bridgehead atoms. The van der Waals surface area contributed by atoms with Gasteiger partial charge in [0.15, 0.2) is 0 Å². The Morgan fingerprint density at radius 3 is 2.85 bits per heavy atom. The van der Waals surface area contributed by atoms with Crippen LogP contribution in [-0.4, -0.2) is 29.3 Å². The lowest BCUT2D eigenvalue weighted by molar-refractivity contribution is -0.132. The number of hydrogen-bond acceptors (Lipinski definition) is 1. The predicted molar refractivity (Wildman–Crippen MR) is 84.3 cm³/mol. The summed E-state index contributed by atoms with van der Waals surface area (Å²) in [5.74, 6) is 0.782. The van der Waals surface area contributed by atoms with E-state index in [0.717, 1.165) is 24.9 Å². The Bertz CT molecular complexity index is 472. The highest BCUT2D eigenvalue weighted by atomic mass is 35.5. The Balaban J connectivity index is 2.11. The van der Waals surface area contributed by atoms with Crippen LogP contribution in [0.2, 0.25) is 0 Å². The third-order valence-electron chi connectivity index (χ3n) is 4.22. The summed E-state index contributed by atoms with van der Waals surface area (Å²) in [6.07, 6.45) is 5.04. The number of halogens is 1. The van der Waals surface area contributed by atoms with E-state index in [0.29, 0.717) is 12.3 Å². The molecule has 1 amide bonds. The van der Waals surface area contributed by atoms with Crippen molar-refractivity contribution in [1.82, 2.24) is 4.90 Å². The lowest BCUT2D eigenvalue weighted by Crippen LogP contribution is -2.42. The summed E-state index contributed by atoms with van der Waals surface area (Å²) in [5, 5.41) is 0. The van der Waals surface area contributed by atoms with Crippen molar-refractivity contribution in [3.05, 3.63) is 34.9 Å². The van der Waals surface area contributed by atoms with Gasteiger partial charge >= 0.3 is 0 Å². The second-order valence-corrected chi connectivity index (χ2v) is 6.16. The summed E-state index contributed by atoms with van der Waals surface area (Å²) in [6, 6.07) is 6.54. The van der Waals surface area contributed by atoms with Crippen molar-refractivity contribution in [1.29, 1.82) is 0 Å². The topological polar surface area (TPSA) is 20.3 Å². The van der Waals surface area contributed by atoms with Crippen molar-refractivity contribution in [3.63, 3.8) is 0 Å². The third-order valence-corrected chi connectivity index (χ3v) is 4.58. The molecule has 0 N–H and O–H groups in total. The van der Waals surface area contributed by atoms with Gasteiger partial charge in [0.25, 0.3) is 0 Å². The summed E-state index contributed by atoms with van der Waals surface area (Å²) < 4.78 is 0. The van der Waals surface area contributed by atoms with Gasteiger partial charge < -0.3 is 4.90 Å². The first-order valence-electron chi connectivity index (χ1n) is 7.53. The zero-order chi connectivity index (χ0) is 14.5. The van der Waals surface area contributed by atoms with Crippen molar-refractivity contribution >= 4 is 17.5 Å². The van der Waals surface area contributed by atoms with Crippen molar-refractivity contribution in [2.75, 3.05) is 12.4 Å². The van der Waals surface area contributed by atoms with E-state index in [2.05, 4.69) is 32.0 Å². The van der Waals surface area contributed by atoms with Gasteiger partial charge in [-0.1, -0.05) is 36.6 Å². The molecule has 1 aliphatic heterocycles. The Kier molecular flexibility index (Phi) is 5.47. The van der Waals surface area contributed by atoms with Crippen molar-refractivity contribution in [3.8, 4) is 0 Å². The van der Waals surface area contributed by atoms with Crippen LogP contribution in [0.1, 0.15) is 42.4 Å². The average molecular weight is 294 g/mol. The molecule has 1 aromatic carbocycles. The van der Waals surface area contributed by atoms with Gasteiger partial charge in [0.1, 0.15) is 0 Å². The first-order valence-corrected chi connectivity index (χ1v) is 8.07. The van der Waals surface area contributed by atoms with Gasteiger partial charge in [0.2, 0.25) is 5.91 Å². The fourth-order valence-electron chi connectivity index (χ4n) is 2.92. The highest BCUT2D eigenvalue weighted by Gasteiger charge is 2.24. The first kappa shape index (κ1) is 15.4. The van der Waals surface area contributed by atoms with Gasteiger partial charge in [-0.25, -0.2) is 0 Å². The molecule has 1 fully saturated rings. The van der Waals surface area contributed by atoms with E-state index >= 15 is 0 Å². The smallest absolute Gasteiger partial charge is 0.227 e. The van der Waals surface area contributed by atoms with E-state index in [4.69, 9.17) is 11.6 Å². The van der Waals surface area contributed by atoms with Crippen LogP contribution in [0, 0.1) is 13.8 Å². The van der Waals surface area contributed by atoms with Crippen LogP contribution in [0.3, 0.4) is 0 Å². The van der Waals surface area contributed by atoms with Gasteiger partial charge in [-0.05, 0) is 37.8 Å². The number of hydrogen-bond donors (Lipinski definition) is 0. The molecule has 110 valence electrons. The molecule has 3 heteroatoms. The molecule has 2 nitrogen and oxygen atoms in total. The first-order chi connectivity index (χ1) is 9.61. The number of rotatable bonds is 3. The maximum atomic E-state index is 12.6. The van der Waals surface area contributed by atoms with E-state index in [1.54, 1.807) is 0 Å². The Morgan fingerprint density at radius 1 is 1.30 bits per heavy atom. The molecule has 1 aliphatic rings.